The molecule has 0 amide bonds. The minimum absolute atomic E-state index is 0.0667. The smallest absolute Gasteiger partial charge is 0.247 e. The Hall–Kier alpha value is -2.31. The van der Waals surface area contributed by atoms with Gasteiger partial charge in [0.25, 0.3) is 0 Å². The first kappa shape index (κ1) is 22.5. The van der Waals surface area contributed by atoms with Crippen molar-refractivity contribution >= 4 is 26.0 Å². The van der Waals surface area contributed by atoms with Crippen molar-refractivity contribution in [3.63, 3.8) is 0 Å². The number of aromatic nitrogens is 3. The van der Waals surface area contributed by atoms with Gasteiger partial charge in [0.1, 0.15) is 17.3 Å². The maximum Gasteiger partial charge on any atom is 0.247 e. The summed E-state index contributed by atoms with van der Waals surface area (Å²) in [6, 6.07) is 13.9. The van der Waals surface area contributed by atoms with E-state index in [1.807, 2.05) is 30.3 Å². The van der Waals surface area contributed by atoms with Crippen LogP contribution in [0.3, 0.4) is 0 Å². The van der Waals surface area contributed by atoms with Crippen molar-refractivity contribution in [3.8, 4) is 5.75 Å². The number of aryl methyl sites for hydroxylation is 1. The Kier molecular flexibility index (Phi) is 6.48. The molecule has 3 aromatic rings. The highest BCUT2D eigenvalue weighted by molar-refractivity contribution is 9.10. The maximum absolute atomic E-state index is 13.8. The summed E-state index contributed by atoms with van der Waals surface area (Å²) < 4.78 is 48.3. The summed E-state index contributed by atoms with van der Waals surface area (Å²) in [6.45, 7) is 2.00. The maximum atomic E-state index is 13.8. The van der Waals surface area contributed by atoms with Crippen LogP contribution in [0.5, 0.6) is 5.75 Å². The Morgan fingerprint density at radius 1 is 1.09 bits per heavy atom. The van der Waals surface area contributed by atoms with Crippen LogP contribution in [0, 0.1) is 0 Å². The molecule has 2 aromatic carbocycles. The number of benzene rings is 2. The lowest BCUT2D eigenvalue weighted by Gasteiger charge is -2.27. The quantitative estimate of drug-likeness (QED) is 0.479. The number of hydrogen-bond acceptors (Lipinski definition) is 7. The lowest BCUT2D eigenvalue weighted by Crippen LogP contribution is -2.35. The standard InChI is InChI=1S/C22H23BrN4O5S/c23-17-6-7-21-20(12-17)32-15-19(16-4-2-1-3-5-16)27(33(21,28)29)14-18-13-26(25-24-18)9-8-22-30-10-11-31-22/h1-7,12-13,19,22H,8-11,14-15H2/t19-/m0/s1. The summed E-state index contributed by atoms with van der Waals surface area (Å²) in [7, 11) is -3.88. The van der Waals surface area contributed by atoms with Crippen LogP contribution < -0.4 is 4.74 Å². The molecule has 0 bridgehead atoms. The number of fused-ring (bicyclic) bond motifs is 1. The van der Waals surface area contributed by atoms with Gasteiger partial charge >= 0.3 is 0 Å². The van der Waals surface area contributed by atoms with Crippen LogP contribution in [0.25, 0.3) is 0 Å². The Labute approximate surface area is 200 Å². The Morgan fingerprint density at radius 2 is 1.88 bits per heavy atom. The number of rotatable bonds is 6. The van der Waals surface area contributed by atoms with Gasteiger partial charge in [0.05, 0.1) is 31.5 Å². The van der Waals surface area contributed by atoms with Crippen molar-refractivity contribution in [2.24, 2.45) is 0 Å². The van der Waals surface area contributed by atoms with Crippen molar-refractivity contribution in [1.29, 1.82) is 0 Å². The minimum atomic E-state index is -3.88. The molecule has 1 atom stereocenters. The molecule has 1 aromatic heterocycles. The molecule has 5 rings (SSSR count). The number of ether oxygens (including phenoxy) is 3. The molecule has 2 aliphatic rings. The molecule has 11 heteroatoms. The van der Waals surface area contributed by atoms with Gasteiger partial charge in [0.2, 0.25) is 10.0 Å². The molecule has 1 saturated heterocycles. The molecule has 3 heterocycles. The zero-order valence-electron chi connectivity index (χ0n) is 17.7. The van der Waals surface area contributed by atoms with Crippen molar-refractivity contribution in [3.05, 3.63) is 70.5 Å². The van der Waals surface area contributed by atoms with Crippen molar-refractivity contribution in [2.45, 2.75) is 36.7 Å². The Morgan fingerprint density at radius 3 is 2.67 bits per heavy atom. The first-order valence-electron chi connectivity index (χ1n) is 10.6. The van der Waals surface area contributed by atoms with Gasteiger partial charge in [0, 0.05) is 23.6 Å². The fraction of sp³-hybridized carbons (Fsp3) is 0.364. The highest BCUT2D eigenvalue weighted by atomic mass is 79.9. The zero-order chi connectivity index (χ0) is 22.8. The average molecular weight is 535 g/mol. The number of nitrogens with zero attached hydrogens (tertiary/aromatic N) is 4. The Bertz CT molecular complexity index is 1210. The molecule has 2 aliphatic heterocycles. The molecule has 33 heavy (non-hydrogen) atoms. The normalized spacial score (nSPS) is 20.8. The van der Waals surface area contributed by atoms with E-state index in [2.05, 4.69) is 26.2 Å². The summed E-state index contributed by atoms with van der Waals surface area (Å²) >= 11 is 3.40. The fourth-order valence-corrected chi connectivity index (χ4v) is 6.00. The van der Waals surface area contributed by atoms with Gasteiger partial charge < -0.3 is 14.2 Å². The molecule has 0 aliphatic carbocycles. The number of hydrogen-bond donors (Lipinski definition) is 0. The van der Waals surface area contributed by atoms with Gasteiger partial charge in [-0.25, -0.2) is 8.42 Å². The second kappa shape index (κ2) is 9.51. The topological polar surface area (TPSA) is 95.8 Å². The molecule has 0 spiro atoms. The lowest BCUT2D eigenvalue weighted by molar-refractivity contribution is -0.0496. The summed E-state index contributed by atoms with van der Waals surface area (Å²) in [5.41, 5.74) is 1.39. The van der Waals surface area contributed by atoms with Gasteiger partial charge in [-0.05, 0) is 23.8 Å². The molecular formula is C22H23BrN4O5S. The molecule has 0 N–H and O–H groups in total. The lowest BCUT2D eigenvalue weighted by atomic mass is 10.1. The van der Waals surface area contributed by atoms with Crippen LogP contribution in [-0.2, 0) is 32.6 Å². The SMILES string of the molecule is O=S1(=O)c2ccc(Br)cc2OC[C@@H](c2ccccc2)N1Cc1cn(CCC2OCCO2)nn1. The molecule has 174 valence electrons. The summed E-state index contributed by atoms with van der Waals surface area (Å²) in [4.78, 5) is 0.132. The third-order valence-electron chi connectivity index (χ3n) is 5.61. The van der Waals surface area contributed by atoms with Crippen LogP contribution in [0.4, 0.5) is 0 Å². The summed E-state index contributed by atoms with van der Waals surface area (Å²) in [5.74, 6) is 0.327. The van der Waals surface area contributed by atoms with Gasteiger partial charge in [-0.3, -0.25) is 4.68 Å². The fourth-order valence-electron chi connectivity index (χ4n) is 3.98. The van der Waals surface area contributed by atoms with E-state index < -0.39 is 16.1 Å². The number of halogens is 1. The summed E-state index contributed by atoms with van der Waals surface area (Å²) in [5, 5.41) is 8.39. The largest absolute Gasteiger partial charge is 0.490 e. The second-order valence-electron chi connectivity index (χ2n) is 7.81. The molecule has 0 saturated carbocycles. The third-order valence-corrected chi connectivity index (χ3v) is 8.00. The number of sulfonamides is 1. The van der Waals surface area contributed by atoms with E-state index in [1.165, 1.54) is 4.31 Å². The highest BCUT2D eigenvalue weighted by Crippen LogP contribution is 2.38. The average Bonchev–Trinajstić information content (AvgIpc) is 3.47. The summed E-state index contributed by atoms with van der Waals surface area (Å²) in [6.07, 6.45) is 2.17. The Balaban J connectivity index is 1.44. The van der Waals surface area contributed by atoms with Crippen LogP contribution in [0.2, 0.25) is 0 Å². The molecule has 9 nitrogen and oxygen atoms in total. The molecular weight excluding hydrogens is 512 g/mol. The first-order valence-corrected chi connectivity index (χ1v) is 12.9. The van der Waals surface area contributed by atoms with Gasteiger partial charge in [-0.15, -0.1) is 5.10 Å². The van der Waals surface area contributed by atoms with Crippen molar-refractivity contribution in [2.75, 3.05) is 19.8 Å². The van der Waals surface area contributed by atoms with Gasteiger partial charge in [-0.2, -0.15) is 4.31 Å². The third kappa shape index (κ3) is 4.82. The van der Waals surface area contributed by atoms with E-state index in [0.717, 1.165) is 10.0 Å². The van der Waals surface area contributed by atoms with Crippen LogP contribution in [0.15, 0.2) is 64.1 Å². The van der Waals surface area contributed by atoms with Crippen LogP contribution in [0.1, 0.15) is 23.7 Å². The molecule has 0 radical (unpaired) electrons. The van der Waals surface area contributed by atoms with E-state index in [1.54, 1.807) is 29.1 Å². The molecule has 0 unspecified atom stereocenters. The van der Waals surface area contributed by atoms with Crippen LogP contribution in [-0.4, -0.2) is 53.8 Å². The highest BCUT2D eigenvalue weighted by Gasteiger charge is 2.38. The van der Waals surface area contributed by atoms with Crippen molar-refractivity contribution in [1.82, 2.24) is 19.3 Å². The molecule has 1 fully saturated rings. The van der Waals surface area contributed by atoms with E-state index >= 15 is 0 Å². The minimum Gasteiger partial charge on any atom is -0.490 e. The van der Waals surface area contributed by atoms with Crippen molar-refractivity contribution < 1.29 is 22.6 Å². The van der Waals surface area contributed by atoms with Crippen LogP contribution >= 0.6 is 15.9 Å². The predicted octanol–water partition coefficient (Wildman–Crippen LogP) is 3.13. The zero-order valence-corrected chi connectivity index (χ0v) is 20.1. The van der Waals surface area contributed by atoms with E-state index in [9.17, 15) is 8.42 Å². The van der Waals surface area contributed by atoms with E-state index in [4.69, 9.17) is 14.2 Å². The van der Waals surface area contributed by atoms with E-state index in [0.29, 0.717) is 37.6 Å². The second-order valence-corrected chi connectivity index (χ2v) is 10.6. The van der Waals surface area contributed by atoms with Gasteiger partial charge in [-0.1, -0.05) is 51.5 Å². The monoisotopic (exact) mass is 534 g/mol. The van der Waals surface area contributed by atoms with E-state index in [-0.39, 0.29) is 24.3 Å². The predicted molar refractivity (Wildman–Crippen MR) is 122 cm³/mol. The van der Waals surface area contributed by atoms with Gasteiger partial charge in [0.15, 0.2) is 6.29 Å². The first-order chi connectivity index (χ1) is 16.0.